The molecule has 0 aliphatic heterocycles. The smallest absolute Gasteiger partial charge is 0.0842 e. The fourth-order valence-corrected chi connectivity index (χ4v) is 1.01. The number of carbonyl (C=O) groups is 1. The number of nitrogens with zero attached hydrogens (tertiary/aromatic N) is 1. The van der Waals surface area contributed by atoms with Crippen LogP contribution < -0.4 is 4.90 Å². The molecule has 0 aliphatic carbocycles. The maximum atomic E-state index is 11.0. The van der Waals surface area contributed by atoms with Gasteiger partial charge < -0.3 is 23.5 Å². The van der Waals surface area contributed by atoms with Crippen LogP contribution in [0.4, 0.5) is 5.69 Å². The largest absolute Gasteiger partial charge is 0.368 e. The molecule has 0 heterocycles. The van der Waals surface area contributed by atoms with E-state index in [0.29, 0.717) is 6.54 Å². The van der Waals surface area contributed by atoms with Gasteiger partial charge in [-0.2, -0.15) is 0 Å². The summed E-state index contributed by atoms with van der Waals surface area (Å²) >= 11 is 0. The van der Waals surface area contributed by atoms with E-state index in [1.54, 1.807) is 0 Å². The summed E-state index contributed by atoms with van der Waals surface area (Å²) in [6.07, 6.45) is 0. The summed E-state index contributed by atoms with van der Waals surface area (Å²) in [4.78, 5) is 12.5. The summed E-state index contributed by atoms with van der Waals surface area (Å²) in [5.74, 6) is -0.226. The topological polar surface area (TPSA) is 20.3 Å². The Kier molecular flexibility index (Phi) is 11.6. The van der Waals surface area contributed by atoms with Crippen molar-refractivity contribution in [3.05, 3.63) is 44.2 Å². The molecule has 1 rings (SSSR count). The van der Waals surface area contributed by atoms with Crippen LogP contribution in [0, 0.1) is 13.8 Å². The number of rotatable bonds is 2. The van der Waals surface area contributed by atoms with Crippen molar-refractivity contribution in [1.82, 2.24) is 0 Å². The van der Waals surface area contributed by atoms with Crippen LogP contribution in [0.25, 0.3) is 0 Å². The van der Waals surface area contributed by atoms with E-state index < -0.39 is 0 Å². The Morgan fingerprint density at radius 1 is 1.27 bits per heavy atom. The van der Waals surface area contributed by atoms with Gasteiger partial charge in [-0.25, -0.2) is 0 Å². The number of anilines is 1. The predicted octanol–water partition coefficient (Wildman–Crippen LogP) is 2.71. The fraction of sp³-hybridized carbons (Fsp3) is 0.250. The zero-order valence-electron chi connectivity index (χ0n) is 9.44. The molecule has 3 heteroatoms. The molecule has 0 atom stereocenters. The van der Waals surface area contributed by atoms with Gasteiger partial charge in [0.25, 0.3) is 0 Å². The van der Waals surface area contributed by atoms with Crippen LogP contribution in [0.1, 0.15) is 13.8 Å². The molecule has 0 fully saturated rings. The second kappa shape index (κ2) is 10.2. The molecule has 1 radical (unpaired) electrons. The van der Waals surface area contributed by atoms with Gasteiger partial charge in [0.05, 0.1) is 5.91 Å². The monoisotopic (exact) mass is 280 g/mol. The first-order valence-corrected chi connectivity index (χ1v) is 4.73. The van der Waals surface area contributed by atoms with Crippen molar-refractivity contribution in [3.63, 3.8) is 0 Å². The van der Waals surface area contributed by atoms with Gasteiger partial charge in [0.2, 0.25) is 0 Å². The third kappa shape index (κ3) is 5.96. The number of para-hydroxylation sites is 1. The van der Waals surface area contributed by atoms with Crippen LogP contribution in [0.3, 0.4) is 0 Å². The van der Waals surface area contributed by atoms with Crippen molar-refractivity contribution in [2.24, 2.45) is 0 Å². The van der Waals surface area contributed by atoms with Crippen molar-refractivity contribution in [2.45, 2.75) is 13.8 Å². The van der Waals surface area contributed by atoms with E-state index in [-0.39, 0.29) is 38.6 Å². The van der Waals surface area contributed by atoms with E-state index in [4.69, 9.17) is 0 Å². The van der Waals surface area contributed by atoms with Gasteiger partial charge in [-0.15, -0.1) is 6.54 Å². The van der Waals surface area contributed by atoms with Gasteiger partial charge in [0.15, 0.2) is 0 Å². The number of hydrogen-bond donors (Lipinski definition) is 0. The molecular formula is C12H17NOY-2. The Balaban J connectivity index is 0. The third-order valence-corrected chi connectivity index (χ3v) is 1.59. The van der Waals surface area contributed by atoms with E-state index in [1.165, 1.54) is 4.90 Å². The first-order valence-electron chi connectivity index (χ1n) is 4.73. The molecule has 81 valence electrons. The van der Waals surface area contributed by atoms with E-state index in [1.807, 2.05) is 44.2 Å². The normalized spacial score (nSPS) is 7.93. The Labute approximate surface area is 118 Å². The van der Waals surface area contributed by atoms with Crippen molar-refractivity contribution < 1.29 is 37.5 Å². The van der Waals surface area contributed by atoms with Crippen LogP contribution in [-0.4, -0.2) is 12.5 Å². The maximum Gasteiger partial charge on any atom is 0.0842 e. The van der Waals surface area contributed by atoms with Crippen molar-refractivity contribution in [1.29, 1.82) is 0 Å². The Bertz CT molecular complexity index is 262. The molecule has 0 saturated heterocycles. The summed E-state index contributed by atoms with van der Waals surface area (Å²) in [5.41, 5.74) is 0.840. The van der Waals surface area contributed by atoms with Gasteiger partial charge in [0, 0.05) is 38.4 Å². The molecule has 0 aliphatic rings. The van der Waals surface area contributed by atoms with E-state index >= 15 is 0 Å². The quantitative estimate of drug-likeness (QED) is 0.763. The Hall–Kier alpha value is -0.336. The second-order valence-corrected chi connectivity index (χ2v) is 2.38. The van der Waals surface area contributed by atoms with Gasteiger partial charge >= 0.3 is 0 Å². The number of hydrogen-bond acceptors (Lipinski definition) is 1. The standard InChI is InChI=1S/C10H11NO.C2H6.Y/c1-3-11(9(2)12)10-7-5-4-6-8-10;1-2;/h4-8H,1-3H2;1-2H3;/q-2;;. The predicted molar refractivity (Wildman–Crippen MR) is 60.9 cm³/mol. The molecule has 15 heavy (non-hydrogen) atoms. The van der Waals surface area contributed by atoms with Crippen molar-refractivity contribution in [2.75, 3.05) is 11.4 Å². The van der Waals surface area contributed by atoms with Crippen molar-refractivity contribution in [3.8, 4) is 0 Å². The van der Waals surface area contributed by atoms with Gasteiger partial charge in [0.1, 0.15) is 0 Å². The van der Waals surface area contributed by atoms with Crippen LogP contribution in [-0.2, 0) is 37.5 Å². The minimum Gasteiger partial charge on any atom is -0.368 e. The molecule has 0 unspecified atom stereocenters. The van der Waals surface area contributed by atoms with E-state index in [9.17, 15) is 4.79 Å². The second-order valence-electron chi connectivity index (χ2n) is 2.38. The van der Waals surface area contributed by atoms with E-state index in [0.717, 1.165) is 5.69 Å². The van der Waals surface area contributed by atoms with Crippen LogP contribution >= 0.6 is 0 Å². The zero-order chi connectivity index (χ0) is 11.0. The summed E-state index contributed by atoms with van der Waals surface area (Å²) in [7, 11) is 0. The molecule has 0 spiro atoms. The minimum atomic E-state index is -0.226. The van der Waals surface area contributed by atoms with Crippen LogP contribution in [0.2, 0.25) is 0 Å². The van der Waals surface area contributed by atoms with Gasteiger partial charge in [-0.1, -0.05) is 32.0 Å². The SMILES string of the molecule is CC.[CH2-]CN(C([CH2-])=O)c1ccccc1.[Y]. The summed E-state index contributed by atoms with van der Waals surface area (Å²) in [6, 6.07) is 9.36. The van der Waals surface area contributed by atoms with Crippen LogP contribution in [0.15, 0.2) is 30.3 Å². The molecule has 0 aromatic heterocycles. The van der Waals surface area contributed by atoms with Gasteiger partial charge in [-0.3, -0.25) is 0 Å². The summed E-state index contributed by atoms with van der Waals surface area (Å²) in [6.45, 7) is 11.4. The fourth-order valence-electron chi connectivity index (χ4n) is 1.01. The maximum absolute atomic E-state index is 11.0. The molecule has 1 amide bonds. The Morgan fingerprint density at radius 3 is 2.07 bits per heavy atom. The average molecular weight is 280 g/mol. The number of benzene rings is 1. The number of amides is 1. The summed E-state index contributed by atoms with van der Waals surface area (Å²) < 4.78 is 0. The Morgan fingerprint density at radius 2 is 1.73 bits per heavy atom. The summed E-state index contributed by atoms with van der Waals surface area (Å²) in [5, 5.41) is 0. The molecule has 1 aromatic carbocycles. The van der Waals surface area contributed by atoms with Gasteiger partial charge in [-0.05, 0) is 12.1 Å². The molecule has 0 bridgehead atoms. The molecule has 0 saturated carbocycles. The molecule has 0 N–H and O–H groups in total. The first-order chi connectivity index (χ1) is 6.75. The first kappa shape index (κ1) is 17.1. The van der Waals surface area contributed by atoms with Crippen molar-refractivity contribution >= 4 is 11.6 Å². The number of carbonyl (C=O) groups excluding carboxylic acids is 1. The molecular weight excluding hydrogens is 263 g/mol. The van der Waals surface area contributed by atoms with Crippen LogP contribution in [0.5, 0.6) is 0 Å². The third-order valence-electron chi connectivity index (χ3n) is 1.59. The van der Waals surface area contributed by atoms with E-state index in [2.05, 4.69) is 13.8 Å². The zero-order valence-corrected chi connectivity index (χ0v) is 12.3. The average Bonchev–Trinajstić information content (AvgIpc) is 2.23. The minimum absolute atomic E-state index is 0. The molecule has 2 nitrogen and oxygen atoms in total. The molecule has 1 aromatic rings.